The highest BCUT2D eigenvalue weighted by atomic mass is 32.3. The normalized spacial score (nSPS) is 24.5. The van der Waals surface area contributed by atoms with E-state index in [4.69, 9.17) is 0 Å². The summed E-state index contributed by atoms with van der Waals surface area (Å²) >= 11 is 1.78. The Bertz CT molecular complexity index is 1560. The first-order chi connectivity index (χ1) is 19.3. The number of hydrogen-bond acceptors (Lipinski definition) is 8. The van der Waals surface area contributed by atoms with Gasteiger partial charge in [-0.25, -0.2) is 0 Å². The summed E-state index contributed by atoms with van der Waals surface area (Å²) in [5.74, 6) is 3.10. The molecule has 3 fully saturated rings. The van der Waals surface area contributed by atoms with E-state index in [9.17, 15) is 9.11 Å². The summed E-state index contributed by atoms with van der Waals surface area (Å²) in [7, 11) is -0.585. The Hall–Kier alpha value is -2.63. The van der Waals surface area contributed by atoms with Crippen molar-refractivity contribution in [2.75, 3.05) is 42.0 Å². The molecule has 1 aliphatic carbocycles. The quantitative estimate of drug-likeness (QED) is 0.196. The molecule has 0 bridgehead atoms. The first kappa shape index (κ1) is 26.3. The van der Waals surface area contributed by atoms with E-state index in [1.54, 1.807) is 16.1 Å². The minimum Gasteiger partial charge on any atom is -0.305 e. The number of anilines is 1. The second-order valence-corrected chi connectivity index (χ2v) is 14.7. The zero-order valence-electron chi connectivity index (χ0n) is 23.0. The summed E-state index contributed by atoms with van der Waals surface area (Å²) < 4.78 is 24.5. The molecule has 4 aromatic rings. The van der Waals surface area contributed by atoms with Crippen LogP contribution in [0.15, 0.2) is 59.8 Å². The summed E-state index contributed by atoms with van der Waals surface area (Å²) in [6, 6.07) is 19.0. The van der Waals surface area contributed by atoms with Gasteiger partial charge in [-0.05, 0) is 68.5 Å². The van der Waals surface area contributed by atoms with Gasteiger partial charge in [-0.15, -0.1) is 21.0 Å². The van der Waals surface area contributed by atoms with Gasteiger partial charge in [0, 0.05) is 54.5 Å². The van der Waals surface area contributed by atoms with Gasteiger partial charge in [-0.2, -0.15) is 0 Å². The SMILES string of the molecule is Cc1ccc2c(-c3nnc(SCCCN4CC5CC5(c5ccc(N6CCCS6(O)O)cc5)C4)n3C)cccc2n1. The van der Waals surface area contributed by atoms with Crippen LogP contribution < -0.4 is 4.31 Å². The van der Waals surface area contributed by atoms with E-state index in [0.717, 1.165) is 83.0 Å². The lowest BCUT2D eigenvalue weighted by atomic mass is 9.95. The number of pyridine rings is 1. The molecule has 0 amide bonds. The predicted molar refractivity (Wildman–Crippen MR) is 164 cm³/mol. The van der Waals surface area contributed by atoms with Gasteiger partial charge in [-0.1, -0.05) is 42.1 Å². The molecular weight excluding hydrogens is 541 g/mol. The highest BCUT2D eigenvalue weighted by Crippen LogP contribution is 2.59. The van der Waals surface area contributed by atoms with Crippen molar-refractivity contribution in [1.29, 1.82) is 0 Å². The average molecular weight is 577 g/mol. The zero-order valence-corrected chi connectivity index (χ0v) is 24.7. The Morgan fingerprint density at radius 2 is 1.93 bits per heavy atom. The number of fused-ring (bicyclic) bond motifs is 2. The van der Waals surface area contributed by atoms with E-state index in [2.05, 4.69) is 61.0 Å². The Morgan fingerprint density at radius 3 is 2.73 bits per heavy atom. The van der Waals surface area contributed by atoms with E-state index in [0.29, 0.717) is 5.75 Å². The first-order valence-electron chi connectivity index (χ1n) is 14.1. The van der Waals surface area contributed by atoms with Crippen molar-refractivity contribution in [1.82, 2.24) is 24.6 Å². The molecule has 2 unspecified atom stereocenters. The number of likely N-dealkylation sites (tertiary alicyclic amines) is 1. The molecule has 210 valence electrons. The van der Waals surface area contributed by atoms with Crippen molar-refractivity contribution in [3.05, 3.63) is 65.9 Å². The molecule has 3 aliphatic rings. The maximum absolute atomic E-state index is 10.3. The van der Waals surface area contributed by atoms with Crippen LogP contribution in [0, 0.1) is 12.8 Å². The first-order valence-corrected chi connectivity index (χ1v) is 16.8. The van der Waals surface area contributed by atoms with Crippen LogP contribution in [0.3, 0.4) is 0 Å². The molecule has 10 heteroatoms. The van der Waals surface area contributed by atoms with Gasteiger partial charge < -0.3 is 9.47 Å². The lowest BCUT2D eigenvalue weighted by Gasteiger charge is -2.38. The highest BCUT2D eigenvalue weighted by molar-refractivity contribution is 8.25. The molecule has 2 aromatic heterocycles. The lowest BCUT2D eigenvalue weighted by Crippen LogP contribution is -2.28. The van der Waals surface area contributed by atoms with Crippen molar-refractivity contribution in [3.8, 4) is 11.4 Å². The maximum atomic E-state index is 10.3. The van der Waals surface area contributed by atoms with E-state index in [-0.39, 0.29) is 5.41 Å². The Kier molecular flexibility index (Phi) is 6.59. The average Bonchev–Trinajstić information content (AvgIpc) is 3.18. The fourth-order valence-electron chi connectivity index (χ4n) is 6.70. The van der Waals surface area contributed by atoms with Crippen LogP contribution in [0.25, 0.3) is 22.3 Å². The van der Waals surface area contributed by atoms with E-state index >= 15 is 0 Å². The van der Waals surface area contributed by atoms with Gasteiger partial charge in [0.15, 0.2) is 11.0 Å². The number of rotatable bonds is 8. The van der Waals surface area contributed by atoms with Gasteiger partial charge in [0.05, 0.1) is 17.0 Å². The second kappa shape index (κ2) is 10.0. The van der Waals surface area contributed by atoms with Gasteiger partial charge in [0.2, 0.25) is 0 Å². The van der Waals surface area contributed by atoms with Crippen LogP contribution in [0.5, 0.6) is 0 Å². The molecule has 2 atom stereocenters. The lowest BCUT2D eigenvalue weighted by molar-refractivity contribution is 0.299. The standard InChI is InChI=1S/C30H36N6O2S2/c1-21-8-13-25-26(6-3-7-27(25)31-21)28-32-33-29(34(28)2)39-16-4-14-35-19-23-18-30(23,20-35)22-9-11-24(12-10-22)36-15-5-17-40(36,37)38/h3,6-13,23,37-38H,4-5,14-20H2,1-2H3. The third-order valence-electron chi connectivity index (χ3n) is 8.88. The van der Waals surface area contributed by atoms with Gasteiger partial charge in [-0.3, -0.25) is 18.4 Å². The molecule has 2 aromatic carbocycles. The third kappa shape index (κ3) is 4.59. The molecule has 2 aliphatic heterocycles. The molecule has 0 radical (unpaired) electrons. The number of piperidine rings is 1. The molecule has 8 nitrogen and oxygen atoms in total. The maximum Gasteiger partial charge on any atom is 0.191 e. The van der Waals surface area contributed by atoms with Gasteiger partial charge >= 0.3 is 0 Å². The fourth-order valence-corrected chi connectivity index (χ4v) is 9.15. The number of benzene rings is 2. The summed E-state index contributed by atoms with van der Waals surface area (Å²) in [4.78, 5) is 7.29. The van der Waals surface area contributed by atoms with Crippen molar-refractivity contribution >= 4 is 39.1 Å². The molecule has 2 N–H and O–H groups in total. The number of thioether (sulfide) groups is 1. The molecule has 2 saturated heterocycles. The summed E-state index contributed by atoms with van der Waals surface area (Å²) in [6.07, 6.45) is 3.21. The Labute approximate surface area is 241 Å². The molecular formula is C30H36N6O2S2. The molecule has 4 heterocycles. The van der Waals surface area contributed by atoms with Crippen molar-refractivity contribution in [3.63, 3.8) is 0 Å². The van der Waals surface area contributed by atoms with E-state index < -0.39 is 10.8 Å². The minimum atomic E-state index is -2.63. The number of aryl methyl sites for hydroxylation is 1. The summed E-state index contributed by atoms with van der Waals surface area (Å²) in [6.45, 7) is 6.11. The topological polar surface area (TPSA) is 90.5 Å². The van der Waals surface area contributed by atoms with Crippen LogP contribution in [0.1, 0.15) is 30.5 Å². The summed E-state index contributed by atoms with van der Waals surface area (Å²) in [5, 5.41) is 11.1. The zero-order chi connectivity index (χ0) is 27.5. The molecule has 7 rings (SSSR count). The minimum absolute atomic E-state index is 0.281. The van der Waals surface area contributed by atoms with Crippen LogP contribution in [0.2, 0.25) is 0 Å². The number of nitrogens with zero attached hydrogens (tertiary/aromatic N) is 6. The van der Waals surface area contributed by atoms with E-state index in [1.807, 2.05) is 32.2 Å². The third-order valence-corrected chi connectivity index (χ3v) is 11.9. The van der Waals surface area contributed by atoms with E-state index in [1.165, 1.54) is 18.5 Å². The second-order valence-electron chi connectivity index (χ2n) is 11.5. The fraction of sp³-hybridized carbons (Fsp3) is 0.433. The monoisotopic (exact) mass is 576 g/mol. The number of hydrogen-bond donors (Lipinski definition) is 2. The summed E-state index contributed by atoms with van der Waals surface area (Å²) in [5.41, 5.74) is 5.67. The Morgan fingerprint density at radius 1 is 1.07 bits per heavy atom. The number of aromatic nitrogens is 4. The molecule has 0 spiro atoms. The van der Waals surface area contributed by atoms with Crippen LogP contribution >= 0.6 is 22.5 Å². The van der Waals surface area contributed by atoms with Crippen molar-refractivity contribution < 1.29 is 9.11 Å². The molecule has 40 heavy (non-hydrogen) atoms. The van der Waals surface area contributed by atoms with Crippen LogP contribution in [0.4, 0.5) is 5.69 Å². The van der Waals surface area contributed by atoms with Crippen molar-refractivity contribution in [2.24, 2.45) is 13.0 Å². The van der Waals surface area contributed by atoms with Gasteiger partial charge in [0.1, 0.15) is 0 Å². The molecule has 1 saturated carbocycles. The highest BCUT2D eigenvalue weighted by Gasteiger charge is 2.60. The van der Waals surface area contributed by atoms with Crippen LogP contribution in [-0.2, 0) is 12.5 Å². The van der Waals surface area contributed by atoms with Crippen molar-refractivity contribution in [2.45, 2.75) is 36.8 Å². The van der Waals surface area contributed by atoms with Crippen LogP contribution in [-0.4, -0.2) is 71.4 Å². The largest absolute Gasteiger partial charge is 0.305 e. The smallest absolute Gasteiger partial charge is 0.191 e. The Balaban J connectivity index is 0.941. The predicted octanol–water partition coefficient (Wildman–Crippen LogP) is 5.97. The van der Waals surface area contributed by atoms with Gasteiger partial charge in [0.25, 0.3) is 0 Å².